The van der Waals surface area contributed by atoms with Crippen molar-refractivity contribution < 1.29 is 4.74 Å². The quantitative estimate of drug-likeness (QED) is 0.395. The van der Waals surface area contributed by atoms with Crippen molar-refractivity contribution in [3.05, 3.63) is 65.5 Å². The van der Waals surface area contributed by atoms with Crippen molar-refractivity contribution >= 4 is 29.9 Å². The largest absolute Gasteiger partial charge is 0.377 e. The lowest BCUT2D eigenvalue weighted by atomic mass is 10.1. The molecule has 0 aliphatic rings. The summed E-state index contributed by atoms with van der Waals surface area (Å²) in [4.78, 5) is 8.50. The van der Waals surface area contributed by atoms with Gasteiger partial charge in [0.25, 0.3) is 0 Å². The van der Waals surface area contributed by atoms with Gasteiger partial charge in [0, 0.05) is 26.4 Å². The summed E-state index contributed by atoms with van der Waals surface area (Å²) in [5.74, 6) is 0.758. The summed E-state index contributed by atoms with van der Waals surface area (Å²) in [6, 6.07) is 14.3. The first-order valence-corrected chi connectivity index (χ1v) is 7.81. The Morgan fingerprint density at radius 1 is 1.04 bits per heavy atom. The van der Waals surface area contributed by atoms with Gasteiger partial charge >= 0.3 is 0 Å². The molecule has 0 amide bonds. The molecule has 2 aromatic rings. The Morgan fingerprint density at radius 3 is 2.38 bits per heavy atom. The van der Waals surface area contributed by atoms with Crippen LogP contribution in [0, 0.1) is 0 Å². The SMILES string of the molecule is CCOCc1ccc(CNC(=NC)NCc2ccccn2)cc1.I. The molecule has 0 aliphatic heterocycles. The Labute approximate surface area is 161 Å². The smallest absolute Gasteiger partial charge is 0.191 e. The summed E-state index contributed by atoms with van der Waals surface area (Å²) in [5.41, 5.74) is 3.37. The van der Waals surface area contributed by atoms with E-state index in [0.29, 0.717) is 13.2 Å². The lowest BCUT2D eigenvalue weighted by molar-refractivity contribution is 0.134. The van der Waals surface area contributed by atoms with E-state index >= 15 is 0 Å². The zero-order valence-electron chi connectivity index (χ0n) is 14.2. The molecule has 0 bridgehead atoms. The number of halogens is 1. The molecular weight excluding hydrogens is 415 g/mol. The maximum atomic E-state index is 5.40. The predicted molar refractivity (Wildman–Crippen MR) is 108 cm³/mol. The van der Waals surface area contributed by atoms with Gasteiger partial charge in [0.05, 0.1) is 18.8 Å². The number of ether oxygens (including phenoxy) is 1. The Hall–Kier alpha value is -1.67. The second-order valence-corrected chi connectivity index (χ2v) is 5.05. The first-order valence-electron chi connectivity index (χ1n) is 7.81. The summed E-state index contributed by atoms with van der Waals surface area (Å²) < 4.78 is 5.40. The van der Waals surface area contributed by atoms with Crippen LogP contribution in [0.2, 0.25) is 0 Å². The molecule has 1 heterocycles. The minimum atomic E-state index is 0. The van der Waals surface area contributed by atoms with Gasteiger partial charge in [-0.25, -0.2) is 0 Å². The molecule has 130 valence electrons. The van der Waals surface area contributed by atoms with Crippen LogP contribution >= 0.6 is 24.0 Å². The van der Waals surface area contributed by atoms with Gasteiger partial charge in [0.1, 0.15) is 0 Å². The van der Waals surface area contributed by atoms with E-state index < -0.39 is 0 Å². The summed E-state index contributed by atoms with van der Waals surface area (Å²) >= 11 is 0. The van der Waals surface area contributed by atoms with E-state index in [9.17, 15) is 0 Å². The van der Waals surface area contributed by atoms with E-state index in [0.717, 1.165) is 24.8 Å². The normalized spacial score (nSPS) is 10.8. The zero-order chi connectivity index (χ0) is 16.3. The van der Waals surface area contributed by atoms with Crippen LogP contribution in [0.25, 0.3) is 0 Å². The average molecular weight is 440 g/mol. The molecular formula is C18H25IN4O. The summed E-state index contributed by atoms with van der Waals surface area (Å²) in [5, 5.41) is 6.55. The average Bonchev–Trinajstić information content (AvgIpc) is 2.62. The van der Waals surface area contributed by atoms with Gasteiger partial charge in [-0.2, -0.15) is 0 Å². The van der Waals surface area contributed by atoms with E-state index in [1.807, 2.05) is 25.1 Å². The molecule has 0 atom stereocenters. The van der Waals surface area contributed by atoms with Crippen LogP contribution in [0.15, 0.2) is 53.7 Å². The Bertz CT molecular complexity index is 602. The number of aromatic nitrogens is 1. The molecule has 0 unspecified atom stereocenters. The monoisotopic (exact) mass is 440 g/mol. The molecule has 24 heavy (non-hydrogen) atoms. The molecule has 0 spiro atoms. The third-order valence-corrected chi connectivity index (χ3v) is 3.34. The van der Waals surface area contributed by atoms with Gasteiger partial charge in [-0.15, -0.1) is 24.0 Å². The summed E-state index contributed by atoms with van der Waals surface area (Å²) in [6.45, 7) is 4.77. The fourth-order valence-corrected chi connectivity index (χ4v) is 2.06. The van der Waals surface area contributed by atoms with Gasteiger partial charge in [0.15, 0.2) is 5.96 Å². The number of nitrogens with one attached hydrogen (secondary N) is 2. The van der Waals surface area contributed by atoms with Crippen LogP contribution in [0.4, 0.5) is 0 Å². The van der Waals surface area contributed by atoms with Gasteiger partial charge in [-0.05, 0) is 30.2 Å². The first kappa shape index (κ1) is 20.4. The topological polar surface area (TPSA) is 58.5 Å². The molecule has 2 rings (SSSR count). The van der Waals surface area contributed by atoms with E-state index in [-0.39, 0.29) is 24.0 Å². The van der Waals surface area contributed by atoms with Crippen LogP contribution < -0.4 is 10.6 Å². The third-order valence-electron chi connectivity index (χ3n) is 3.34. The first-order chi connectivity index (χ1) is 11.3. The number of hydrogen-bond acceptors (Lipinski definition) is 3. The number of nitrogens with zero attached hydrogens (tertiary/aromatic N) is 2. The number of guanidine groups is 1. The number of rotatable bonds is 7. The minimum Gasteiger partial charge on any atom is -0.377 e. The number of pyridine rings is 1. The third kappa shape index (κ3) is 7.27. The molecule has 5 nitrogen and oxygen atoms in total. The highest BCUT2D eigenvalue weighted by molar-refractivity contribution is 14.0. The minimum absolute atomic E-state index is 0. The highest BCUT2D eigenvalue weighted by atomic mass is 127. The van der Waals surface area contributed by atoms with Crippen molar-refractivity contribution in [1.29, 1.82) is 0 Å². The van der Waals surface area contributed by atoms with Crippen molar-refractivity contribution in [2.24, 2.45) is 4.99 Å². The number of aliphatic imine (C=N–C) groups is 1. The van der Waals surface area contributed by atoms with Crippen molar-refractivity contribution in [3.63, 3.8) is 0 Å². The summed E-state index contributed by atoms with van der Waals surface area (Å²) in [6.07, 6.45) is 1.79. The van der Waals surface area contributed by atoms with Gasteiger partial charge in [0.2, 0.25) is 0 Å². The molecule has 0 aliphatic carbocycles. The fourth-order valence-electron chi connectivity index (χ4n) is 2.06. The van der Waals surface area contributed by atoms with Gasteiger partial charge < -0.3 is 15.4 Å². The lowest BCUT2D eigenvalue weighted by Gasteiger charge is -2.12. The second kappa shape index (κ2) is 11.8. The fraction of sp³-hybridized carbons (Fsp3) is 0.333. The Balaban J connectivity index is 0.00000288. The molecule has 0 saturated heterocycles. The van der Waals surface area contributed by atoms with Crippen LogP contribution in [0.3, 0.4) is 0 Å². The predicted octanol–water partition coefficient (Wildman–Crippen LogP) is 3.10. The second-order valence-electron chi connectivity index (χ2n) is 5.05. The van der Waals surface area contributed by atoms with Gasteiger partial charge in [-0.1, -0.05) is 30.3 Å². The van der Waals surface area contributed by atoms with Crippen LogP contribution in [0.5, 0.6) is 0 Å². The van der Waals surface area contributed by atoms with Crippen molar-refractivity contribution in [1.82, 2.24) is 15.6 Å². The van der Waals surface area contributed by atoms with Crippen LogP contribution in [0.1, 0.15) is 23.7 Å². The van der Waals surface area contributed by atoms with E-state index in [4.69, 9.17) is 4.74 Å². The zero-order valence-corrected chi connectivity index (χ0v) is 16.5. The van der Waals surface area contributed by atoms with Crippen molar-refractivity contribution in [3.8, 4) is 0 Å². The molecule has 0 saturated carbocycles. The molecule has 0 radical (unpaired) electrons. The van der Waals surface area contributed by atoms with Crippen LogP contribution in [-0.2, 0) is 24.4 Å². The number of hydrogen-bond donors (Lipinski definition) is 2. The van der Waals surface area contributed by atoms with Gasteiger partial charge in [-0.3, -0.25) is 9.98 Å². The van der Waals surface area contributed by atoms with E-state index in [1.165, 1.54) is 11.1 Å². The maximum absolute atomic E-state index is 5.40. The number of benzene rings is 1. The van der Waals surface area contributed by atoms with Crippen molar-refractivity contribution in [2.45, 2.75) is 26.6 Å². The Kier molecular flexibility index (Phi) is 10.0. The Morgan fingerprint density at radius 2 is 1.75 bits per heavy atom. The molecule has 6 heteroatoms. The standard InChI is InChI=1S/C18H24N4O.HI/c1-3-23-14-16-9-7-15(8-10-16)12-21-18(19-2)22-13-17-6-4-5-11-20-17;/h4-11H,3,12-14H2,1-2H3,(H2,19,21,22);1H. The molecule has 2 N–H and O–H groups in total. The van der Waals surface area contributed by atoms with E-state index in [1.54, 1.807) is 13.2 Å². The highest BCUT2D eigenvalue weighted by Crippen LogP contribution is 2.05. The molecule has 0 fully saturated rings. The lowest BCUT2D eigenvalue weighted by Crippen LogP contribution is -2.36. The van der Waals surface area contributed by atoms with Crippen LogP contribution in [-0.4, -0.2) is 24.6 Å². The highest BCUT2D eigenvalue weighted by Gasteiger charge is 2.00. The molecule has 1 aromatic heterocycles. The maximum Gasteiger partial charge on any atom is 0.191 e. The molecule has 1 aromatic carbocycles. The van der Waals surface area contributed by atoms with E-state index in [2.05, 4.69) is 44.9 Å². The summed E-state index contributed by atoms with van der Waals surface area (Å²) in [7, 11) is 1.76. The van der Waals surface area contributed by atoms with Crippen molar-refractivity contribution in [2.75, 3.05) is 13.7 Å².